The topological polar surface area (TPSA) is 103 Å². The van der Waals surface area contributed by atoms with Crippen LogP contribution in [-0.2, 0) is 13.0 Å². The molecule has 3 N–H and O–H groups in total. The Labute approximate surface area is 147 Å². The molecular formula is C16H23ClN4O3. The molecule has 0 fully saturated rings. The van der Waals surface area contributed by atoms with E-state index in [0.29, 0.717) is 36.0 Å². The summed E-state index contributed by atoms with van der Waals surface area (Å²) in [4.78, 5) is 16.3. The Morgan fingerprint density at radius 1 is 1.33 bits per heavy atom. The highest BCUT2D eigenvalue weighted by molar-refractivity contribution is 5.94. The summed E-state index contributed by atoms with van der Waals surface area (Å²) in [5, 5.41) is 6.68. The Kier molecular flexibility index (Phi) is 7.18. The number of halogens is 1. The molecule has 0 radical (unpaired) electrons. The molecule has 7 nitrogen and oxygen atoms in total. The minimum absolute atomic E-state index is 0. The van der Waals surface area contributed by atoms with Crippen molar-refractivity contribution in [2.24, 2.45) is 5.73 Å². The predicted octanol–water partition coefficient (Wildman–Crippen LogP) is 2.10. The maximum absolute atomic E-state index is 12.1. The van der Waals surface area contributed by atoms with E-state index in [9.17, 15) is 4.79 Å². The van der Waals surface area contributed by atoms with E-state index in [2.05, 4.69) is 15.5 Å². The van der Waals surface area contributed by atoms with Crippen molar-refractivity contribution >= 4 is 18.3 Å². The van der Waals surface area contributed by atoms with Gasteiger partial charge in [-0.15, -0.1) is 12.4 Å². The largest absolute Gasteiger partial charge is 0.485 e. The molecule has 8 heteroatoms. The Balaban J connectivity index is 0.00000288. The van der Waals surface area contributed by atoms with Crippen LogP contribution in [0.4, 0.5) is 0 Å². The van der Waals surface area contributed by atoms with Crippen molar-refractivity contribution in [1.29, 1.82) is 0 Å². The van der Waals surface area contributed by atoms with Gasteiger partial charge >= 0.3 is 0 Å². The molecule has 0 saturated heterocycles. The van der Waals surface area contributed by atoms with Gasteiger partial charge in [0.25, 0.3) is 5.91 Å². The molecule has 0 aliphatic rings. The number of aryl methyl sites for hydroxylation is 1. The maximum atomic E-state index is 12.1. The van der Waals surface area contributed by atoms with Crippen molar-refractivity contribution < 1.29 is 14.1 Å². The number of nitrogens with two attached hydrogens (primary N) is 1. The highest BCUT2D eigenvalue weighted by atomic mass is 35.5. The van der Waals surface area contributed by atoms with Crippen LogP contribution < -0.4 is 15.8 Å². The third-order valence-electron chi connectivity index (χ3n) is 3.26. The van der Waals surface area contributed by atoms with Crippen LogP contribution in [0.1, 0.15) is 42.8 Å². The SMILES string of the molecule is CCc1nc(COc2ccc(C(=O)NC(C)(C)CN)cc2)no1.Cl. The molecule has 0 saturated carbocycles. The second-order valence-corrected chi connectivity index (χ2v) is 5.81. The number of carbonyl (C=O) groups excluding carboxylic acids is 1. The van der Waals surface area contributed by atoms with E-state index in [1.165, 1.54) is 0 Å². The fourth-order valence-corrected chi connectivity index (χ4v) is 1.77. The zero-order valence-electron chi connectivity index (χ0n) is 14.0. The average Bonchev–Trinajstić information content (AvgIpc) is 3.01. The predicted molar refractivity (Wildman–Crippen MR) is 92.3 cm³/mol. The fraction of sp³-hybridized carbons (Fsp3) is 0.438. The van der Waals surface area contributed by atoms with Gasteiger partial charge in [-0.2, -0.15) is 4.98 Å². The van der Waals surface area contributed by atoms with E-state index in [1.807, 2.05) is 20.8 Å². The third kappa shape index (κ3) is 5.50. The molecule has 1 amide bonds. The molecule has 0 aliphatic carbocycles. The lowest BCUT2D eigenvalue weighted by Crippen LogP contribution is -2.48. The second kappa shape index (κ2) is 8.65. The molecule has 1 aromatic carbocycles. The molecular weight excluding hydrogens is 332 g/mol. The van der Waals surface area contributed by atoms with E-state index < -0.39 is 5.54 Å². The van der Waals surface area contributed by atoms with Crippen molar-refractivity contribution in [2.45, 2.75) is 39.3 Å². The van der Waals surface area contributed by atoms with Gasteiger partial charge in [0.2, 0.25) is 11.7 Å². The first-order valence-corrected chi connectivity index (χ1v) is 7.50. The Morgan fingerprint density at radius 2 is 2.00 bits per heavy atom. The van der Waals surface area contributed by atoms with Gasteiger partial charge in [0.05, 0.1) is 0 Å². The van der Waals surface area contributed by atoms with Gasteiger partial charge in [-0.3, -0.25) is 4.79 Å². The molecule has 1 aromatic heterocycles. The average molecular weight is 355 g/mol. The maximum Gasteiger partial charge on any atom is 0.251 e. The summed E-state index contributed by atoms with van der Waals surface area (Å²) in [6.45, 7) is 6.27. The van der Waals surface area contributed by atoms with Crippen molar-refractivity contribution in [3.8, 4) is 5.75 Å². The monoisotopic (exact) mass is 354 g/mol. The first-order chi connectivity index (χ1) is 10.9. The summed E-state index contributed by atoms with van der Waals surface area (Å²) in [6, 6.07) is 6.85. The van der Waals surface area contributed by atoms with E-state index >= 15 is 0 Å². The van der Waals surface area contributed by atoms with Gasteiger partial charge in [-0.05, 0) is 38.1 Å². The third-order valence-corrected chi connectivity index (χ3v) is 3.26. The quantitative estimate of drug-likeness (QED) is 0.789. The standard InChI is InChI=1S/C16H22N4O3.ClH/c1-4-14-18-13(20-23-14)9-22-12-7-5-11(6-8-12)15(21)19-16(2,3)10-17;/h5-8H,4,9-10,17H2,1-3H3,(H,19,21);1H. The zero-order valence-corrected chi connectivity index (χ0v) is 14.9. The zero-order chi connectivity index (χ0) is 16.9. The number of benzene rings is 1. The van der Waals surface area contributed by atoms with Gasteiger partial charge < -0.3 is 20.3 Å². The van der Waals surface area contributed by atoms with Crippen molar-refractivity contribution in [3.05, 3.63) is 41.5 Å². The van der Waals surface area contributed by atoms with E-state index in [-0.39, 0.29) is 24.9 Å². The molecule has 1 heterocycles. The highest BCUT2D eigenvalue weighted by Gasteiger charge is 2.19. The second-order valence-electron chi connectivity index (χ2n) is 5.81. The lowest BCUT2D eigenvalue weighted by Gasteiger charge is -2.24. The molecule has 0 atom stereocenters. The fourth-order valence-electron chi connectivity index (χ4n) is 1.77. The number of nitrogens with one attached hydrogen (secondary N) is 1. The first kappa shape index (κ1) is 19.9. The minimum atomic E-state index is -0.443. The van der Waals surface area contributed by atoms with Crippen LogP contribution >= 0.6 is 12.4 Å². The summed E-state index contributed by atoms with van der Waals surface area (Å²) in [5.74, 6) is 1.53. The first-order valence-electron chi connectivity index (χ1n) is 7.50. The minimum Gasteiger partial charge on any atom is -0.485 e. The van der Waals surface area contributed by atoms with Crippen LogP contribution in [0.25, 0.3) is 0 Å². The van der Waals surface area contributed by atoms with Crippen LogP contribution in [0.3, 0.4) is 0 Å². The molecule has 24 heavy (non-hydrogen) atoms. The summed E-state index contributed by atoms with van der Waals surface area (Å²) >= 11 is 0. The summed E-state index contributed by atoms with van der Waals surface area (Å²) in [6.07, 6.45) is 0.690. The van der Waals surface area contributed by atoms with Crippen LogP contribution in [0.2, 0.25) is 0 Å². The van der Waals surface area contributed by atoms with Gasteiger partial charge in [0, 0.05) is 24.1 Å². The van der Waals surface area contributed by atoms with Crippen LogP contribution in [0.5, 0.6) is 5.75 Å². The number of rotatable bonds is 7. The van der Waals surface area contributed by atoms with E-state index in [1.54, 1.807) is 24.3 Å². The molecule has 132 valence electrons. The van der Waals surface area contributed by atoms with Crippen LogP contribution in [0.15, 0.2) is 28.8 Å². The molecule has 0 aliphatic heterocycles. The molecule has 0 unspecified atom stereocenters. The van der Waals surface area contributed by atoms with Gasteiger partial charge in [-0.1, -0.05) is 12.1 Å². The van der Waals surface area contributed by atoms with Gasteiger partial charge in [0.15, 0.2) is 6.61 Å². The lowest BCUT2D eigenvalue weighted by atomic mass is 10.1. The number of hydrogen-bond acceptors (Lipinski definition) is 6. The smallest absolute Gasteiger partial charge is 0.251 e. The molecule has 2 rings (SSSR count). The van der Waals surface area contributed by atoms with E-state index in [0.717, 1.165) is 0 Å². The van der Waals surface area contributed by atoms with Crippen LogP contribution in [-0.4, -0.2) is 28.1 Å². The summed E-state index contributed by atoms with van der Waals surface area (Å²) in [7, 11) is 0. The Bertz CT molecular complexity index is 656. The van der Waals surface area contributed by atoms with E-state index in [4.69, 9.17) is 15.0 Å². The molecule has 0 bridgehead atoms. The Morgan fingerprint density at radius 3 is 2.54 bits per heavy atom. The number of amides is 1. The van der Waals surface area contributed by atoms with Crippen molar-refractivity contribution in [2.75, 3.05) is 6.54 Å². The molecule has 2 aromatic rings. The number of hydrogen-bond donors (Lipinski definition) is 2. The number of aromatic nitrogens is 2. The van der Waals surface area contributed by atoms with Crippen molar-refractivity contribution in [1.82, 2.24) is 15.5 Å². The van der Waals surface area contributed by atoms with Crippen molar-refractivity contribution in [3.63, 3.8) is 0 Å². The normalized spacial score (nSPS) is 10.8. The van der Waals surface area contributed by atoms with Crippen LogP contribution in [0, 0.1) is 0 Å². The highest BCUT2D eigenvalue weighted by Crippen LogP contribution is 2.14. The number of carbonyl (C=O) groups is 1. The summed E-state index contributed by atoms with van der Waals surface area (Å²) in [5.41, 5.74) is 5.71. The number of nitrogens with zero attached hydrogens (tertiary/aromatic N) is 2. The summed E-state index contributed by atoms with van der Waals surface area (Å²) < 4.78 is 10.6. The molecule has 0 spiro atoms. The number of ether oxygens (including phenoxy) is 1. The lowest BCUT2D eigenvalue weighted by molar-refractivity contribution is 0.0915. The van der Waals surface area contributed by atoms with Gasteiger partial charge in [-0.25, -0.2) is 0 Å². The Hall–Kier alpha value is -2.12. The van der Waals surface area contributed by atoms with Gasteiger partial charge in [0.1, 0.15) is 5.75 Å².